The first-order valence-electron chi connectivity index (χ1n) is 4.92. The van der Waals surface area contributed by atoms with Gasteiger partial charge in [-0.2, -0.15) is 0 Å². The number of esters is 1. The molecule has 2 aliphatic carbocycles. The number of carbonyl (C=O) groups excluding carboxylic acids is 1. The molecule has 1 N–H and O–H groups in total. The van der Waals surface area contributed by atoms with Crippen LogP contribution in [0, 0.1) is 17.3 Å². The number of rotatable bonds is 2. The van der Waals surface area contributed by atoms with Crippen molar-refractivity contribution in [3.8, 4) is 0 Å². The maximum Gasteiger partial charge on any atom is 0.309 e. The summed E-state index contributed by atoms with van der Waals surface area (Å²) in [7, 11) is 1.36. The van der Waals surface area contributed by atoms with Crippen LogP contribution >= 0.6 is 0 Å². The summed E-state index contributed by atoms with van der Waals surface area (Å²) in [5.74, 6) is -1.48. The fourth-order valence-corrected chi connectivity index (χ4v) is 2.89. The zero-order chi connectivity index (χ0) is 10.3. The lowest BCUT2D eigenvalue weighted by molar-refractivity contribution is -0.191. The number of carbonyl (C=O) groups is 2. The van der Waals surface area contributed by atoms with E-state index in [4.69, 9.17) is 5.11 Å². The second-order valence-corrected chi connectivity index (χ2v) is 4.29. The molecular weight excluding hydrogens is 184 g/mol. The van der Waals surface area contributed by atoms with Crippen LogP contribution in [0.5, 0.6) is 0 Å². The molecule has 0 aromatic heterocycles. The fourth-order valence-electron chi connectivity index (χ4n) is 2.89. The highest BCUT2D eigenvalue weighted by Gasteiger charge is 2.63. The number of carboxylic acid groups (broad SMARTS) is 1. The number of hydrogen-bond donors (Lipinski definition) is 1. The van der Waals surface area contributed by atoms with Crippen molar-refractivity contribution in [3.05, 3.63) is 0 Å². The Morgan fingerprint density at radius 3 is 2.36 bits per heavy atom. The van der Waals surface area contributed by atoms with E-state index in [1.54, 1.807) is 0 Å². The summed E-state index contributed by atoms with van der Waals surface area (Å²) in [5.41, 5.74) is -0.251. The van der Waals surface area contributed by atoms with Crippen LogP contribution in [0.1, 0.15) is 25.7 Å². The van der Waals surface area contributed by atoms with E-state index >= 15 is 0 Å². The van der Waals surface area contributed by atoms with Gasteiger partial charge in [-0.25, -0.2) is 0 Å². The van der Waals surface area contributed by atoms with Gasteiger partial charge in [0.2, 0.25) is 0 Å². The van der Waals surface area contributed by atoms with Gasteiger partial charge in [-0.15, -0.1) is 0 Å². The monoisotopic (exact) mass is 198 g/mol. The third-order valence-corrected chi connectivity index (χ3v) is 3.93. The summed E-state index contributed by atoms with van der Waals surface area (Å²) in [5, 5.41) is 8.95. The van der Waals surface area contributed by atoms with Gasteiger partial charge in [-0.3, -0.25) is 9.59 Å². The predicted molar refractivity (Wildman–Crippen MR) is 47.5 cm³/mol. The molecule has 0 saturated heterocycles. The van der Waals surface area contributed by atoms with E-state index in [-0.39, 0.29) is 23.2 Å². The van der Waals surface area contributed by atoms with Crippen LogP contribution in [-0.4, -0.2) is 24.2 Å². The molecule has 0 amide bonds. The molecule has 0 heterocycles. The second kappa shape index (κ2) is 2.97. The first-order valence-corrected chi connectivity index (χ1v) is 4.92. The molecule has 14 heavy (non-hydrogen) atoms. The van der Waals surface area contributed by atoms with Crippen LogP contribution in [0.15, 0.2) is 0 Å². The SMILES string of the molecule is COC(=O)C1CC(C(=O)O)C12CCC2. The Bertz CT molecular complexity index is 280. The van der Waals surface area contributed by atoms with Crippen LogP contribution in [0.3, 0.4) is 0 Å². The van der Waals surface area contributed by atoms with Gasteiger partial charge < -0.3 is 9.84 Å². The van der Waals surface area contributed by atoms with Crippen molar-refractivity contribution in [1.82, 2.24) is 0 Å². The largest absolute Gasteiger partial charge is 0.481 e. The van der Waals surface area contributed by atoms with Crippen molar-refractivity contribution < 1.29 is 19.4 Å². The first kappa shape index (κ1) is 9.49. The smallest absolute Gasteiger partial charge is 0.309 e. The van der Waals surface area contributed by atoms with Gasteiger partial charge in [-0.1, -0.05) is 6.42 Å². The Morgan fingerprint density at radius 2 is 2.00 bits per heavy atom. The molecule has 78 valence electrons. The third kappa shape index (κ3) is 0.996. The van der Waals surface area contributed by atoms with E-state index in [9.17, 15) is 9.59 Å². The van der Waals surface area contributed by atoms with Gasteiger partial charge in [0.15, 0.2) is 0 Å². The van der Waals surface area contributed by atoms with E-state index in [1.807, 2.05) is 0 Å². The summed E-state index contributed by atoms with van der Waals surface area (Å²) in [6.45, 7) is 0. The molecular formula is C10H14O4. The standard InChI is InChI=1S/C10H14O4/c1-14-9(13)7-5-6(8(11)12)10(7)3-2-4-10/h6-7H,2-5H2,1H3,(H,11,12). The molecule has 2 atom stereocenters. The summed E-state index contributed by atoms with van der Waals surface area (Å²) < 4.78 is 4.68. The van der Waals surface area contributed by atoms with E-state index < -0.39 is 5.97 Å². The van der Waals surface area contributed by atoms with Crippen molar-refractivity contribution in [1.29, 1.82) is 0 Å². The molecule has 0 aromatic carbocycles. The summed E-state index contributed by atoms with van der Waals surface area (Å²) >= 11 is 0. The molecule has 1 spiro atoms. The van der Waals surface area contributed by atoms with Crippen LogP contribution in [-0.2, 0) is 14.3 Å². The van der Waals surface area contributed by atoms with Gasteiger partial charge in [0.25, 0.3) is 0 Å². The molecule has 0 radical (unpaired) electrons. The molecule has 0 aromatic rings. The average Bonchev–Trinajstić information content (AvgIpc) is 1.98. The van der Waals surface area contributed by atoms with Crippen LogP contribution in [0.25, 0.3) is 0 Å². The normalized spacial score (nSPS) is 32.9. The molecule has 2 rings (SSSR count). The first-order chi connectivity index (χ1) is 6.62. The molecule has 4 nitrogen and oxygen atoms in total. The molecule has 0 aliphatic heterocycles. The van der Waals surface area contributed by atoms with Gasteiger partial charge in [-0.05, 0) is 24.7 Å². The van der Waals surface area contributed by atoms with Crippen molar-refractivity contribution in [2.75, 3.05) is 7.11 Å². The highest BCUT2D eigenvalue weighted by Crippen LogP contribution is 2.63. The minimum absolute atomic E-state index is 0.164. The maximum absolute atomic E-state index is 11.4. The second-order valence-electron chi connectivity index (χ2n) is 4.29. The fraction of sp³-hybridized carbons (Fsp3) is 0.800. The van der Waals surface area contributed by atoms with E-state index in [0.29, 0.717) is 6.42 Å². The average molecular weight is 198 g/mol. The van der Waals surface area contributed by atoms with Gasteiger partial charge >= 0.3 is 11.9 Å². The Morgan fingerprint density at radius 1 is 1.36 bits per heavy atom. The summed E-state index contributed by atoms with van der Waals surface area (Å²) in [6, 6.07) is 0. The van der Waals surface area contributed by atoms with Crippen LogP contribution in [0.4, 0.5) is 0 Å². The lowest BCUT2D eigenvalue weighted by Crippen LogP contribution is -2.59. The summed E-state index contributed by atoms with van der Waals surface area (Å²) in [6.07, 6.45) is 3.23. The Hall–Kier alpha value is -1.06. The highest BCUT2D eigenvalue weighted by atomic mass is 16.5. The number of aliphatic carboxylic acids is 1. The molecule has 0 bridgehead atoms. The maximum atomic E-state index is 11.4. The van der Waals surface area contributed by atoms with Crippen LogP contribution < -0.4 is 0 Å². The highest BCUT2D eigenvalue weighted by molar-refractivity contribution is 5.81. The number of hydrogen-bond acceptors (Lipinski definition) is 3. The lowest BCUT2D eigenvalue weighted by Gasteiger charge is -2.58. The minimum Gasteiger partial charge on any atom is -0.481 e. The van der Waals surface area contributed by atoms with Crippen molar-refractivity contribution in [2.24, 2.45) is 17.3 Å². The molecule has 2 saturated carbocycles. The zero-order valence-corrected chi connectivity index (χ0v) is 8.16. The van der Waals surface area contributed by atoms with Crippen molar-refractivity contribution in [3.63, 3.8) is 0 Å². The lowest BCUT2D eigenvalue weighted by atomic mass is 9.44. The Balaban J connectivity index is 2.11. The van der Waals surface area contributed by atoms with Crippen molar-refractivity contribution in [2.45, 2.75) is 25.7 Å². The number of methoxy groups -OCH3 is 1. The quantitative estimate of drug-likeness (QED) is 0.673. The van der Waals surface area contributed by atoms with Gasteiger partial charge in [0.05, 0.1) is 18.9 Å². The predicted octanol–water partition coefficient (Wildman–Crippen LogP) is 1.05. The Labute approximate surface area is 82.2 Å². The Kier molecular flexibility index (Phi) is 2.01. The number of carboxylic acids is 1. The zero-order valence-electron chi connectivity index (χ0n) is 8.16. The molecule has 4 heteroatoms. The van der Waals surface area contributed by atoms with Crippen LogP contribution in [0.2, 0.25) is 0 Å². The molecule has 2 unspecified atom stereocenters. The van der Waals surface area contributed by atoms with E-state index in [0.717, 1.165) is 19.3 Å². The van der Waals surface area contributed by atoms with Gasteiger partial charge in [0, 0.05) is 0 Å². The van der Waals surface area contributed by atoms with Gasteiger partial charge in [0.1, 0.15) is 0 Å². The molecule has 2 fully saturated rings. The summed E-state index contributed by atoms with van der Waals surface area (Å²) in [4.78, 5) is 22.2. The topological polar surface area (TPSA) is 63.6 Å². The van der Waals surface area contributed by atoms with E-state index in [2.05, 4.69) is 4.74 Å². The minimum atomic E-state index is -0.759. The van der Waals surface area contributed by atoms with E-state index in [1.165, 1.54) is 7.11 Å². The third-order valence-electron chi connectivity index (χ3n) is 3.93. The van der Waals surface area contributed by atoms with Crippen molar-refractivity contribution >= 4 is 11.9 Å². The number of ether oxygens (including phenoxy) is 1. The molecule has 2 aliphatic rings.